The molecule has 4 atom stereocenters. The average molecular weight is 293 g/mol. The number of halogens is 1. The van der Waals surface area contributed by atoms with Gasteiger partial charge in [0.05, 0.1) is 6.61 Å². The van der Waals surface area contributed by atoms with E-state index < -0.39 is 29.9 Å². The minimum absolute atomic E-state index is 0.204. The Morgan fingerprint density at radius 2 is 1.68 bits per heavy atom. The fourth-order valence-electron chi connectivity index (χ4n) is 2.40. The third kappa shape index (κ3) is 3.48. The van der Waals surface area contributed by atoms with Gasteiger partial charge >= 0.3 is 0 Å². The first kappa shape index (κ1) is 15.2. The van der Waals surface area contributed by atoms with Crippen molar-refractivity contribution in [2.75, 3.05) is 6.61 Å². The Morgan fingerprint density at radius 3 is 2.32 bits per heavy atom. The SMILES string of the molecule is CC1(C)OC[C@@H](O)[C@H]([C@@H]2OC(C)(C)O[C@@H]2/C=C\Cl)O1. The molecular weight excluding hydrogens is 272 g/mol. The van der Waals surface area contributed by atoms with Gasteiger partial charge in [-0.15, -0.1) is 0 Å². The molecule has 2 aliphatic heterocycles. The zero-order valence-electron chi connectivity index (χ0n) is 11.6. The summed E-state index contributed by atoms with van der Waals surface area (Å²) in [7, 11) is 0. The van der Waals surface area contributed by atoms with Crippen molar-refractivity contribution in [1.82, 2.24) is 0 Å². The summed E-state index contributed by atoms with van der Waals surface area (Å²) in [5, 5.41) is 10.1. The zero-order chi connectivity index (χ0) is 14.3. The lowest BCUT2D eigenvalue weighted by atomic mass is 10.0. The number of hydrogen-bond donors (Lipinski definition) is 1. The molecule has 0 unspecified atom stereocenters. The first-order chi connectivity index (χ1) is 8.74. The van der Waals surface area contributed by atoms with Crippen molar-refractivity contribution >= 4 is 11.6 Å². The van der Waals surface area contributed by atoms with E-state index in [9.17, 15) is 5.11 Å². The molecule has 2 saturated heterocycles. The van der Waals surface area contributed by atoms with E-state index in [4.69, 9.17) is 30.5 Å². The largest absolute Gasteiger partial charge is 0.388 e. The van der Waals surface area contributed by atoms with E-state index in [1.54, 1.807) is 19.9 Å². The van der Waals surface area contributed by atoms with Crippen molar-refractivity contribution in [3.8, 4) is 0 Å². The number of rotatable bonds is 2. The van der Waals surface area contributed by atoms with Gasteiger partial charge < -0.3 is 24.1 Å². The highest BCUT2D eigenvalue weighted by atomic mass is 35.5. The van der Waals surface area contributed by atoms with Gasteiger partial charge in [-0.05, 0) is 33.8 Å². The molecule has 0 amide bonds. The molecule has 19 heavy (non-hydrogen) atoms. The number of ether oxygens (including phenoxy) is 4. The van der Waals surface area contributed by atoms with E-state index in [1.165, 1.54) is 5.54 Å². The molecule has 0 radical (unpaired) electrons. The minimum Gasteiger partial charge on any atom is -0.388 e. The fraction of sp³-hybridized carbons (Fsp3) is 0.846. The van der Waals surface area contributed by atoms with Gasteiger partial charge in [-0.25, -0.2) is 0 Å². The molecule has 6 heteroatoms. The summed E-state index contributed by atoms with van der Waals surface area (Å²) in [5.74, 6) is -1.49. The second-order valence-corrected chi connectivity index (χ2v) is 6.00. The van der Waals surface area contributed by atoms with Gasteiger partial charge in [0.2, 0.25) is 0 Å². The fourth-order valence-corrected chi connectivity index (χ4v) is 2.54. The van der Waals surface area contributed by atoms with Crippen LogP contribution in [0.2, 0.25) is 0 Å². The van der Waals surface area contributed by atoms with Gasteiger partial charge in [0.1, 0.15) is 24.4 Å². The topological polar surface area (TPSA) is 57.2 Å². The van der Waals surface area contributed by atoms with Crippen LogP contribution in [0.4, 0.5) is 0 Å². The summed E-state index contributed by atoms with van der Waals surface area (Å²) < 4.78 is 22.8. The summed E-state index contributed by atoms with van der Waals surface area (Å²) in [6.07, 6.45) is -0.381. The molecule has 1 N–H and O–H groups in total. The normalized spacial score (nSPS) is 41.8. The van der Waals surface area contributed by atoms with E-state index in [0.717, 1.165) is 0 Å². The van der Waals surface area contributed by atoms with Crippen molar-refractivity contribution in [3.05, 3.63) is 11.6 Å². The maximum Gasteiger partial charge on any atom is 0.164 e. The van der Waals surface area contributed by atoms with Crippen LogP contribution in [0.15, 0.2) is 11.6 Å². The molecule has 2 rings (SSSR count). The van der Waals surface area contributed by atoms with E-state index in [1.807, 2.05) is 13.8 Å². The highest BCUT2D eigenvalue weighted by molar-refractivity contribution is 6.25. The Bertz CT molecular complexity index is 355. The summed E-state index contributed by atoms with van der Waals surface area (Å²) in [6.45, 7) is 7.45. The first-order valence-electron chi connectivity index (χ1n) is 6.36. The molecule has 0 aromatic heterocycles. The maximum atomic E-state index is 10.1. The molecule has 5 nitrogen and oxygen atoms in total. The lowest BCUT2D eigenvalue weighted by Gasteiger charge is -2.41. The van der Waals surface area contributed by atoms with Gasteiger partial charge in [-0.3, -0.25) is 0 Å². The van der Waals surface area contributed by atoms with Gasteiger partial charge in [0.15, 0.2) is 11.6 Å². The van der Waals surface area contributed by atoms with Gasteiger partial charge in [0, 0.05) is 5.54 Å². The molecule has 0 aliphatic carbocycles. The van der Waals surface area contributed by atoms with Crippen LogP contribution in [0.3, 0.4) is 0 Å². The molecular formula is C13H21ClO5. The second-order valence-electron chi connectivity index (χ2n) is 5.74. The first-order valence-corrected chi connectivity index (χ1v) is 6.80. The smallest absolute Gasteiger partial charge is 0.164 e. The van der Waals surface area contributed by atoms with Crippen molar-refractivity contribution in [3.63, 3.8) is 0 Å². The Labute approximate surface area is 118 Å². The maximum absolute atomic E-state index is 10.1. The lowest BCUT2D eigenvalue weighted by Crippen LogP contribution is -2.55. The average Bonchev–Trinajstić information content (AvgIpc) is 2.58. The van der Waals surface area contributed by atoms with Crippen molar-refractivity contribution in [2.24, 2.45) is 0 Å². The van der Waals surface area contributed by atoms with E-state index >= 15 is 0 Å². The highest BCUT2D eigenvalue weighted by Gasteiger charge is 2.50. The predicted molar refractivity (Wildman–Crippen MR) is 69.7 cm³/mol. The highest BCUT2D eigenvalue weighted by Crippen LogP contribution is 2.36. The second kappa shape index (κ2) is 5.31. The van der Waals surface area contributed by atoms with E-state index in [-0.39, 0.29) is 12.7 Å². The molecule has 2 fully saturated rings. The summed E-state index contributed by atoms with van der Waals surface area (Å²) >= 11 is 5.63. The minimum atomic E-state index is -0.762. The molecule has 2 aliphatic rings. The number of aliphatic hydroxyl groups excluding tert-OH is 1. The monoisotopic (exact) mass is 292 g/mol. The number of aliphatic hydroxyl groups is 1. The Kier molecular flexibility index (Phi) is 4.26. The summed E-state index contributed by atoms with van der Waals surface area (Å²) in [5.41, 5.74) is 1.39. The number of hydrogen-bond acceptors (Lipinski definition) is 5. The van der Waals surface area contributed by atoms with Crippen LogP contribution in [-0.2, 0) is 18.9 Å². The quantitative estimate of drug-likeness (QED) is 0.841. The van der Waals surface area contributed by atoms with Crippen LogP contribution in [-0.4, -0.2) is 47.7 Å². The molecule has 0 spiro atoms. The van der Waals surface area contributed by atoms with Crippen LogP contribution in [0, 0.1) is 0 Å². The van der Waals surface area contributed by atoms with Crippen LogP contribution in [0.25, 0.3) is 0 Å². The molecule has 2 heterocycles. The van der Waals surface area contributed by atoms with Gasteiger partial charge in [-0.2, -0.15) is 0 Å². The van der Waals surface area contributed by atoms with Crippen molar-refractivity contribution < 1.29 is 24.1 Å². The van der Waals surface area contributed by atoms with Crippen LogP contribution in [0.1, 0.15) is 27.7 Å². The van der Waals surface area contributed by atoms with E-state index in [0.29, 0.717) is 0 Å². The van der Waals surface area contributed by atoms with E-state index in [2.05, 4.69) is 0 Å². The van der Waals surface area contributed by atoms with Crippen LogP contribution >= 0.6 is 11.6 Å². The summed E-state index contributed by atoms with van der Waals surface area (Å²) in [4.78, 5) is 0. The molecule has 0 aromatic rings. The molecule has 0 bridgehead atoms. The zero-order valence-corrected chi connectivity index (χ0v) is 12.4. The predicted octanol–water partition coefficient (Wildman–Crippen LogP) is 1.77. The molecule has 110 valence electrons. The molecule has 0 aromatic carbocycles. The van der Waals surface area contributed by atoms with Crippen LogP contribution < -0.4 is 0 Å². The Balaban J connectivity index is 2.18. The molecule has 0 saturated carbocycles. The van der Waals surface area contributed by atoms with Crippen molar-refractivity contribution in [1.29, 1.82) is 0 Å². The van der Waals surface area contributed by atoms with Crippen LogP contribution in [0.5, 0.6) is 0 Å². The van der Waals surface area contributed by atoms with Gasteiger partial charge in [-0.1, -0.05) is 11.6 Å². The summed E-state index contributed by atoms with van der Waals surface area (Å²) in [6, 6.07) is 0. The third-order valence-corrected chi connectivity index (χ3v) is 3.30. The third-order valence-electron chi connectivity index (χ3n) is 3.15. The lowest BCUT2D eigenvalue weighted by molar-refractivity contribution is -0.322. The Morgan fingerprint density at radius 1 is 1.05 bits per heavy atom. The van der Waals surface area contributed by atoms with Gasteiger partial charge in [0.25, 0.3) is 0 Å². The standard InChI is InChI=1S/C13H21ClO5/c1-12(2)16-7-8(15)10(18-12)11-9(5-6-14)17-13(3,4)19-11/h5-6,8-11,15H,7H2,1-4H3/b6-5-/t8-,9-,10-,11-/m1/s1. The Hall–Kier alpha value is -0.170. The van der Waals surface area contributed by atoms with Crippen molar-refractivity contribution in [2.45, 2.75) is 63.7 Å².